The predicted octanol–water partition coefficient (Wildman–Crippen LogP) is 4.84. The zero-order valence-corrected chi connectivity index (χ0v) is 19.1. The number of hydrogen-bond acceptors (Lipinski definition) is 3. The van der Waals surface area contributed by atoms with Crippen LogP contribution in [-0.2, 0) is 21.9 Å². The maximum absolute atomic E-state index is 13.9. The lowest BCUT2D eigenvalue weighted by molar-refractivity contribution is -0.138. The number of thioether (sulfide) groups is 1. The van der Waals surface area contributed by atoms with E-state index in [0.717, 1.165) is 36.8 Å². The molecular formula is C25H31FN2O2S. The molecule has 0 heterocycles. The number of amides is 2. The molecule has 0 unspecified atom stereocenters. The number of nitrogens with zero attached hydrogens (tertiary/aromatic N) is 1. The number of halogens is 1. The second-order valence-electron chi connectivity index (χ2n) is 8.26. The van der Waals surface area contributed by atoms with Gasteiger partial charge in [0.2, 0.25) is 11.8 Å². The molecule has 2 aromatic carbocycles. The summed E-state index contributed by atoms with van der Waals surface area (Å²) < 4.78 is 13.9. The topological polar surface area (TPSA) is 49.4 Å². The van der Waals surface area contributed by atoms with Gasteiger partial charge in [-0.25, -0.2) is 4.39 Å². The molecule has 1 aliphatic carbocycles. The van der Waals surface area contributed by atoms with E-state index in [0.29, 0.717) is 17.9 Å². The highest BCUT2D eigenvalue weighted by molar-refractivity contribution is 7.99. The van der Waals surface area contributed by atoms with Gasteiger partial charge in [-0.2, -0.15) is 0 Å². The van der Waals surface area contributed by atoms with Gasteiger partial charge in [-0.1, -0.05) is 60.9 Å². The summed E-state index contributed by atoms with van der Waals surface area (Å²) in [5.41, 5.74) is 2.71. The Hall–Kier alpha value is -2.34. The Labute approximate surface area is 188 Å². The Balaban J connectivity index is 1.65. The first kappa shape index (κ1) is 23.3. The molecule has 4 nitrogen and oxygen atoms in total. The molecule has 6 heteroatoms. The highest BCUT2D eigenvalue weighted by Gasteiger charge is 2.28. The van der Waals surface area contributed by atoms with Crippen LogP contribution in [0.25, 0.3) is 0 Å². The number of carbonyl (C=O) groups is 2. The summed E-state index contributed by atoms with van der Waals surface area (Å²) in [5, 5.41) is 3.11. The second-order valence-corrected chi connectivity index (χ2v) is 9.24. The van der Waals surface area contributed by atoms with Crippen molar-refractivity contribution in [1.82, 2.24) is 10.2 Å². The molecule has 1 aliphatic rings. The minimum absolute atomic E-state index is 0.105. The molecule has 0 radical (unpaired) electrons. The van der Waals surface area contributed by atoms with Crippen molar-refractivity contribution in [2.45, 2.75) is 63.9 Å². The van der Waals surface area contributed by atoms with E-state index >= 15 is 0 Å². The van der Waals surface area contributed by atoms with Crippen LogP contribution in [0.5, 0.6) is 0 Å². The van der Waals surface area contributed by atoms with Crippen molar-refractivity contribution in [2.24, 2.45) is 0 Å². The Morgan fingerprint density at radius 1 is 1.13 bits per heavy atom. The molecule has 3 rings (SSSR count). The van der Waals surface area contributed by atoms with Crippen LogP contribution in [0.2, 0.25) is 0 Å². The number of benzene rings is 2. The van der Waals surface area contributed by atoms with E-state index in [-0.39, 0.29) is 29.4 Å². The molecule has 2 aromatic rings. The lowest BCUT2D eigenvalue weighted by Crippen LogP contribution is -2.50. The first-order valence-electron chi connectivity index (χ1n) is 10.9. The summed E-state index contributed by atoms with van der Waals surface area (Å²) in [7, 11) is 0. The van der Waals surface area contributed by atoms with Crippen LogP contribution in [0.4, 0.5) is 4.39 Å². The zero-order valence-electron chi connectivity index (χ0n) is 18.3. The molecule has 1 atom stereocenters. The molecule has 0 saturated heterocycles. The maximum atomic E-state index is 13.9. The van der Waals surface area contributed by atoms with Crippen LogP contribution in [0.1, 0.15) is 49.3 Å². The molecule has 0 aromatic heterocycles. The number of aryl methyl sites for hydroxylation is 1. The van der Waals surface area contributed by atoms with Gasteiger partial charge in [0.25, 0.3) is 0 Å². The third-order valence-corrected chi connectivity index (χ3v) is 6.75. The van der Waals surface area contributed by atoms with Crippen molar-refractivity contribution in [2.75, 3.05) is 5.75 Å². The summed E-state index contributed by atoms with van der Waals surface area (Å²) in [4.78, 5) is 27.6. The minimum Gasteiger partial charge on any atom is -0.352 e. The third kappa shape index (κ3) is 6.82. The summed E-state index contributed by atoms with van der Waals surface area (Å²) in [5.74, 6) is 0.131. The minimum atomic E-state index is -0.566. The van der Waals surface area contributed by atoms with E-state index in [1.54, 1.807) is 30.0 Å². The average molecular weight is 443 g/mol. The van der Waals surface area contributed by atoms with Crippen LogP contribution in [0, 0.1) is 12.7 Å². The van der Waals surface area contributed by atoms with Crippen molar-refractivity contribution < 1.29 is 14.0 Å². The van der Waals surface area contributed by atoms with Crippen molar-refractivity contribution in [3.05, 3.63) is 71.0 Å². The first-order chi connectivity index (χ1) is 14.9. The van der Waals surface area contributed by atoms with Crippen LogP contribution >= 0.6 is 11.8 Å². The van der Waals surface area contributed by atoms with Gasteiger partial charge in [0.05, 0.1) is 5.75 Å². The molecule has 1 fully saturated rings. The van der Waals surface area contributed by atoms with Crippen molar-refractivity contribution in [1.29, 1.82) is 0 Å². The maximum Gasteiger partial charge on any atom is 0.242 e. The molecule has 1 N–H and O–H groups in total. The SMILES string of the molecule is Cc1ccc(CN(C(=O)CSCc2ccccc2F)[C@H](C)C(=O)NC2CCCC2)cc1. The lowest BCUT2D eigenvalue weighted by atomic mass is 10.1. The lowest BCUT2D eigenvalue weighted by Gasteiger charge is -2.29. The second kappa shape index (κ2) is 11.3. The Kier molecular flexibility index (Phi) is 8.52. The Morgan fingerprint density at radius 2 is 1.81 bits per heavy atom. The summed E-state index contributed by atoms with van der Waals surface area (Å²) in [6.07, 6.45) is 4.28. The van der Waals surface area contributed by atoms with Gasteiger partial charge >= 0.3 is 0 Å². The normalized spacial score (nSPS) is 14.9. The first-order valence-corrected chi connectivity index (χ1v) is 12.1. The molecule has 31 heavy (non-hydrogen) atoms. The summed E-state index contributed by atoms with van der Waals surface area (Å²) in [6, 6.07) is 14.2. The van der Waals surface area contributed by atoms with E-state index in [1.165, 1.54) is 17.8 Å². The van der Waals surface area contributed by atoms with Gasteiger partial charge in [0.15, 0.2) is 0 Å². The van der Waals surface area contributed by atoms with Gasteiger partial charge in [-0.15, -0.1) is 11.8 Å². The number of carbonyl (C=O) groups excluding carboxylic acids is 2. The Bertz CT molecular complexity index is 881. The fraction of sp³-hybridized carbons (Fsp3) is 0.440. The number of rotatable bonds is 9. The molecule has 0 spiro atoms. The quantitative estimate of drug-likeness (QED) is 0.604. The fourth-order valence-corrected chi connectivity index (χ4v) is 4.71. The van der Waals surface area contributed by atoms with Crippen LogP contribution in [-0.4, -0.2) is 34.6 Å². The van der Waals surface area contributed by atoms with Crippen molar-refractivity contribution in [3.8, 4) is 0 Å². The van der Waals surface area contributed by atoms with Gasteiger partial charge in [-0.3, -0.25) is 9.59 Å². The highest BCUT2D eigenvalue weighted by atomic mass is 32.2. The molecule has 0 bridgehead atoms. The molecule has 0 aliphatic heterocycles. The van der Waals surface area contributed by atoms with Crippen molar-refractivity contribution >= 4 is 23.6 Å². The average Bonchev–Trinajstić information content (AvgIpc) is 3.27. The summed E-state index contributed by atoms with van der Waals surface area (Å²) >= 11 is 1.37. The van der Waals surface area contributed by atoms with E-state index in [4.69, 9.17) is 0 Å². The van der Waals surface area contributed by atoms with Gasteiger partial charge in [-0.05, 0) is 43.9 Å². The zero-order chi connectivity index (χ0) is 22.2. The van der Waals surface area contributed by atoms with Crippen LogP contribution in [0.15, 0.2) is 48.5 Å². The van der Waals surface area contributed by atoms with E-state index < -0.39 is 6.04 Å². The molecule has 2 amide bonds. The smallest absolute Gasteiger partial charge is 0.242 e. The van der Waals surface area contributed by atoms with E-state index in [2.05, 4.69) is 5.32 Å². The number of nitrogens with one attached hydrogen (secondary N) is 1. The Morgan fingerprint density at radius 3 is 2.48 bits per heavy atom. The summed E-state index contributed by atoms with van der Waals surface area (Å²) in [6.45, 7) is 4.18. The molecule has 1 saturated carbocycles. The van der Waals surface area contributed by atoms with Crippen molar-refractivity contribution in [3.63, 3.8) is 0 Å². The monoisotopic (exact) mass is 442 g/mol. The fourth-order valence-electron chi connectivity index (χ4n) is 3.81. The van der Waals surface area contributed by atoms with Crippen LogP contribution in [0.3, 0.4) is 0 Å². The molecule has 166 valence electrons. The standard InChI is InChI=1S/C25H31FN2O2S/c1-18-11-13-20(14-12-18)15-28(19(2)25(30)27-22-8-4-5-9-22)24(29)17-31-16-21-7-3-6-10-23(21)26/h3,6-7,10-14,19,22H,4-5,8-9,15-17H2,1-2H3,(H,27,30)/t19-/m1/s1. The van der Waals surface area contributed by atoms with E-state index in [9.17, 15) is 14.0 Å². The largest absolute Gasteiger partial charge is 0.352 e. The highest BCUT2D eigenvalue weighted by Crippen LogP contribution is 2.20. The van der Waals surface area contributed by atoms with Gasteiger partial charge < -0.3 is 10.2 Å². The van der Waals surface area contributed by atoms with Crippen LogP contribution < -0.4 is 5.32 Å². The number of hydrogen-bond donors (Lipinski definition) is 1. The van der Waals surface area contributed by atoms with E-state index in [1.807, 2.05) is 31.2 Å². The van der Waals surface area contributed by atoms with Gasteiger partial charge in [0.1, 0.15) is 11.9 Å². The van der Waals surface area contributed by atoms with Gasteiger partial charge in [0, 0.05) is 18.3 Å². The predicted molar refractivity (Wildman–Crippen MR) is 124 cm³/mol. The molecular weight excluding hydrogens is 411 g/mol. The third-order valence-electron chi connectivity index (χ3n) is 5.78.